The van der Waals surface area contributed by atoms with E-state index < -0.39 is 0 Å². The molecule has 1 aromatic heterocycles. The molecule has 2 amide bonds. The van der Waals surface area contributed by atoms with Crippen LogP contribution in [0.25, 0.3) is 10.9 Å². The summed E-state index contributed by atoms with van der Waals surface area (Å²) in [6.07, 6.45) is 2.91. The van der Waals surface area contributed by atoms with Crippen LogP contribution < -0.4 is 10.2 Å². The van der Waals surface area contributed by atoms with Crippen LogP contribution in [0, 0.1) is 19.8 Å². The van der Waals surface area contributed by atoms with Crippen LogP contribution in [0.5, 0.6) is 0 Å². The number of hydrogen-bond acceptors (Lipinski definition) is 2. The molecule has 0 aliphatic carbocycles. The summed E-state index contributed by atoms with van der Waals surface area (Å²) in [7, 11) is 0. The number of amides is 2. The third-order valence-electron chi connectivity index (χ3n) is 5.56. The number of aromatic nitrogens is 1. The Hall–Kier alpha value is -2.79. The molecule has 5 nitrogen and oxygen atoms in total. The van der Waals surface area contributed by atoms with Crippen LogP contribution in [-0.2, 0) is 16.0 Å². The van der Waals surface area contributed by atoms with Crippen molar-refractivity contribution in [1.29, 1.82) is 0 Å². The van der Waals surface area contributed by atoms with Gasteiger partial charge in [0.1, 0.15) is 0 Å². The average Bonchev–Trinajstić information content (AvgIpc) is 3.25. The maximum absolute atomic E-state index is 12.6. The minimum absolute atomic E-state index is 0.00312. The van der Waals surface area contributed by atoms with Crippen molar-refractivity contribution in [2.75, 3.05) is 18.0 Å². The van der Waals surface area contributed by atoms with Gasteiger partial charge < -0.3 is 15.2 Å². The quantitative estimate of drug-likeness (QED) is 0.664. The zero-order valence-electron chi connectivity index (χ0n) is 16.6. The lowest BCUT2D eigenvalue weighted by Crippen LogP contribution is -2.34. The SMILES string of the molecule is Cc1ccc(N2CC(C(=O)NCCc3c[nH]c4ccc(Cl)cc34)CC2=O)c(C)c1. The lowest BCUT2D eigenvalue weighted by Gasteiger charge is -2.19. The number of aromatic amines is 1. The Morgan fingerprint density at radius 3 is 2.86 bits per heavy atom. The number of anilines is 1. The zero-order valence-corrected chi connectivity index (χ0v) is 17.3. The fourth-order valence-electron chi connectivity index (χ4n) is 4.05. The Morgan fingerprint density at radius 2 is 2.07 bits per heavy atom. The molecule has 1 aliphatic rings. The second-order valence-electron chi connectivity index (χ2n) is 7.74. The van der Waals surface area contributed by atoms with Crippen LogP contribution in [0.1, 0.15) is 23.1 Å². The van der Waals surface area contributed by atoms with Gasteiger partial charge in [-0.05, 0) is 55.7 Å². The van der Waals surface area contributed by atoms with Gasteiger partial charge in [0.2, 0.25) is 11.8 Å². The highest BCUT2D eigenvalue weighted by Gasteiger charge is 2.35. The van der Waals surface area contributed by atoms with E-state index >= 15 is 0 Å². The average molecular weight is 410 g/mol. The predicted molar refractivity (Wildman–Crippen MR) is 116 cm³/mol. The molecule has 1 atom stereocenters. The van der Waals surface area contributed by atoms with Crippen LogP contribution in [0.15, 0.2) is 42.6 Å². The van der Waals surface area contributed by atoms with Crippen molar-refractivity contribution in [2.24, 2.45) is 5.92 Å². The van der Waals surface area contributed by atoms with E-state index in [1.807, 2.05) is 50.4 Å². The number of hydrogen-bond donors (Lipinski definition) is 2. The summed E-state index contributed by atoms with van der Waals surface area (Å²) in [5.41, 5.74) is 5.25. The van der Waals surface area contributed by atoms with E-state index in [0.29, 0.717) is 24.5 Å². The van der Waals surface area contributed by atoms with E-state index in [9.17, 15) is 9.59 Å². The fraction of sp³-hybridized carbons (Fsp3) is 0.304. The van der Waals surface area contributed by atoms with E-state index in [2.05, 4.69) is 16.4 Å². The molecule has 2 heterocycles. The third kappa shape index (κ3) is 4.01. The molecule has 4 rings (SSSR count). The van der Waals surface area contributed by atoms with Gasteiger partial charge in [0.15, 0.2) is 0 Å². The van der Waals surface area contributed by atoms with Gasteiger partial charge in [0, 0.05) is 47.3 Å². The Labute approximate surface area is 175 Å². The number of fused-ring (bicyclic) bond motifs is 1. The number of carbonyl (C=O) groups excluding carboxylic acids is 2. The van der Waals surface area contributed by atoms with Crippen molar-refractivity contribution in [2.45, 2.75) is 26.7 Å². The molecule has 2 aromatic carbocycles. The van der Waals surface area contributed by atoms with Crippen molar-refractivity contribution in [1.82, 2.24) is 10.3 Å². The first kappa shape index (κ1) is 19.5. The highest BCUT2D eigenvalue weighted by atomic mass is 35.5. The molecule has 0 saturated carbocycles. The molecular formula is C23H24ClN3O2. The highest BCUT2D eigenvalue weighted by molar-refractivity contribution is 6.31. The summed E-state index contributed by atoms with van der Waals surface area (Å²) in [5.74, 6) is -0.382. The third-order valence-corrected chi connectivity index (χ3v) is 5.80. The largest absolute Gasteiger partial charge is 0.361 e. The molecule has 2 N–H and O–H groups in total. The second-order valence-corrected chi connectivity index (χ2v) is 8.18. The summed E-state index contributed by atoms with van der Waals surface area (Å²) < 4.78 is 0. The molecular weight excluding hydrogens is 386 g/mol. The van der Waals surface area contributed by atoms with E-state index in [1.54, 1.807) is 4.90 Å². The van der Waals surface area contributed by atoms with Gasteiger partial charge in [-0.3, -0.25) is 9.59 Å². The molecule has 1 fully saturated rings. The first-order valence-electron chi connectivity index (χ1n) is 9.83. The number of H-pyrrole nitrogens is 1. The first-order chi connectivity index (χ1) is 13.9. The van der Waals surface area contributed by atoms with Gasteiger partial charge in [0.05, 0.1) is 5.92 Å². The van der Waals surface area contributed by atoms with Crippen molar-refractivity contribution >= 4 is 40.0 Å². The molecule has 0 radical (unpaired) electrons. The van der Waals surface area contributed by atoms with E-state index in [0.717, 1.165) is 33.3 Å². The molecule has 1 unspecified atom stereocenters. The summed E-state index contributed by atoms with van der Waals surface area (Å²) in [5, 5.41) is 4.76. The number of benzene rings is 2. The topological polar surface area (TPSA) is 65.2 Å². The van der Waals surface area contributed by atoms with Crippen molar-refractivity contribution in [3.05, 3.63) is 64.3 Å². The first-order valence-corrected chi connectivity index (χ1v) is 10.2. The number of nitrogens with zero attached hydrogens (tertiary/aromatic N) is 1. The number of aryl methyl sites for hydroxylation is 2. The number of nitrogens with one attached hydrogen (secondary N) is 2. The van der Waals surface area contributed by atoms with Crippen LogP contribution in [-0.4, -0.2) is 29.9 Å². The molecule has 0 bridgehead atoms. The van der Waals surface area contributed by atoms with E-state index in [-0.39, 0.29) is 24.2 Å². The van der Waals surface area contributed by atoms with Crippen LogP contribution in [0.3, 0.4) is 0 Å². The molecule has 1 saturated heterocycles. The minimum atomic E-state index is -0.319. The lowest BCUT2D eigenvalue weighted by molar-refractivity contribution is -0.126. The normalized spacial score (nSPS) is 16.6. The maximum atomic E-state index is 12.6. The Balaban J connectivity index is 1.36. The number of carbonyl (C=O) groups is 2. The van der Waals surface area contributed by atoms with Crippen molar-refractivity contribution in [3.8, 4) is 0 Å². The monoisotopic (exact) mass is 409 g/mol. The van der Waals surface area contributed by atoms with Gasteiger partial charge in [-0.15, -0.1) is 0 Å². The zero-order chi connectivity index (χ0) is 20.5. The predicted octanol–water partition coefficient (Wildman–Crippen LogP) is 4.15. The molecule has 1 aliphatic heterocycles. The van der Waals surface area contributed by atoms with Crippen molar-refractivity contribution in [3.63, 3.8) is 0 Å². The van der Waals surface area contributed by atoms with E-state index in [4.69, 9.17) is 11.6 Å². The van der Waals surface area contributed by atoms with Crippen molar-refractivity contribution < 1.29 is 9.59 Å². The van der Waals surface area contributed by atoms with Crippen LogP contribution >= 0.6 is 11.6 Å². The Kier molecular flexibility index (Phi) is 5.33. The summed E-state index contributed by atoms with van der Waals surface area (Å²) >= 11 is 6.10. The van der Waals surface area contributed by atoms with Crippen LogP contribution in [0.2, 0.25) is 5.02 Å². The molecule has 0 spiro atoms. The van der Waals surface area contributed by atoms with Gasteiger partial charge in [-0.1, -0.05) is 29.3 Å². The molecule has 6 heteroatoms. The lowest BCUT2D eigenvalue weighted by atomic mass is 10.1. The van der Waals surface area contributed by atoms with Gasteiger partial charge >= 0.3 is 0 Å². The smallest absolute Gasteiger partial charge is 0.227 e. The Morgan fingerprint density at radius 1 is 1.24 bits per heavy atom. The minimum Gasteiger partial charge on any atom is -0.361 e. The summed E-state index contributed by atoms with van der Waals surface area (Å²) in [6.45, 7) is 4.97. The fourth-order valence-corrected chi connectivity index (χ4v) is 4.22. The second kappa shape index (κ2) is 7.91. The Bertz CT molecular complexity index is 1090. The standard InChI is InChI=1S/C23H24ClN3O2/c1-14-3-6-21(15(2)9-14)27-13-17(10-22(27)28)23(29)25-8-7-16-12-26-20-5-4-18(24)11-19(16)20/h3-6,9,11-12,17,26H,7-8,10,13H2,1-2H3,(H,25,29). The van der Waals surface area contributed by atoms with Gasteiger partial charge in [0.25, 0.3) is 0 Å². The van der Waals surface area contributed by atoms with E-state index in [1.165, 1.54) is 0 Å². The molecule has 29 heavy (non-hydrogen) atoms. The molecule has 3 aromatic rings. The summed E-state index contributed by atoms with van der Waals surface area (Å²) in [4.78, 5) is 30.1. The molecule has 150 valence electrons. The maximum Gasteiger partial charge on any atom is 0.227 e. The highest BCUT2D eigenvalue weighted by Crippen LogP contribution is 2.28. The van der Waals surface area contributed by atoms with Gasteiger partial charge in [-0.25, -0.2) is 0 Å². The van der Waals surface area contributed by atoms with Gasteiger partial charge in [-0.2, -0.15) is 0 Å². The number of rotatable bonds is 5. The summed E-state index contributed by atoms with van der Waals surface area (Å²) in [6, 6.07) is 11.8. The van der Waals surface area contributed by atoms with Crippen LogP contribution in [0.4, 0.5) is 5.69 Å². The number of halogens is 1.